The van der Waals surface area contributed by atoms with Gasteiger partial charge in [0.25, 0.3) is 10.0 Å². The topological polar surface area (TPSA) is 46.2 Å². The molecule has 2 aromatic carbocycles. The van der Waals surface area contributed by atoms with Gasteiger partial charge in [-0.25, -0.2) is 8.42 Å². The third-order valence-electron chi connectivity index (χ3n) is 2.67. The van der Waals surface area contributed by atoms with Gasteiger partial charge in [0.05, 0.1) is 16.3 Å². The lowest BCUT2D eigenvalue weighted by atomic mass is 10.2. The highest BCUT2D eigenvalue weighted by atomic mass is 79.9. The maximum absolute atomic E-state index is 12.6. The van der Waals surface area contributed by atoms with Crippen molar-refractivity contribution in [3.8, 4) is 0 Å². The van der Waals surface area contributed by atoms with Crippen LogP contribution in [0.5, 0.6) is 0 Å². The number of alkyl halides is 3. The molecule has 22 heavy (non-hydrogen) atoms. The van der Waals surface area contributed by atoms with Crippen LogP contribution in [0.25, 0.3) is 0 Å². The molecule has 0 amide bonds. The molecule has 0 radical (unpaired) electrons. The summed E-state index contributed by atoms with van der Waals surface area (Å²) in [5.41, 5.74) is -1.09. The van der Waals surface area contributed by atoms with Crippen molar-refractivity contribution in [1.29, 1.82) is 0 Å². The van der Waals surface area contributed by atoms with E-state index >= 15 is 0 Å². The van der Waals surface area contributed by atoms with Crippen LogP contribution >= 0.6 is 27.5 Å². The number of rotatable bonds is 3. The maximum Gasteiger partial charge on any atom is 0.416 e. The molecule has 0 aromatic heterocycles. The number of nitrogens with one attached hydrogen (secondary N) is 1. The molecule has 0 bridgehead atoms. The molecule has 0 atom stereocenters. The summed E-state index contributed by atoms with van der Waals surface area (Å²) >= 11 is 8.83. The Bertz CT molecular complexity index is 809. The summed E-state index contributed by atoms with van der Waals surface area (Å²) < 4.78 is 64.6. The molecular weight excluding hydrogens is 407 g/mol. The Labute approximate surface area is 138 Å². The van der Waals surface area contributed by atoms with Crippen molar-refractivity contribution in [3.05, 3.63) is 57.5 Å². The Balaban J connectivity index is 2.37. The number of hydrogen-bond acceptors (Lipinski definition) is 2. The van der Waals surface area contributed by atoms with Crippen molar-refractivity contribution in [2.45, 2.75) is 11.1 Å². The van der Waals surface area contributed by atoms with Gasteiger partial charge in [-0.15, -0.1) is 0 Å². The number of hydrogen-bond donors (Lipinski definition) is 1. The van der Waals surface area contributed by atoms with Gasteiger partial charge in [-0.05, 0) is 46.3 Å². The molecule has 0 aliphatic rings. The van der Waals surface area contributed by atoms with Crippen LogP contribution in [-0.4, -0.2) is 8.42 Å². The van der Waals surface area contributed by atoms with E-state index in [9.17, 15) is 21.6 Å². The van der Waals surface area contributed by atoms with Gasteiger partial charge in [0.1, 0.15) is 4.90 Å². The Morgan fingerprint density at radius 2 is 1.73 bits per heavy atom. The number of benzene rings is 2. The third-order valence-corrected chi connectivity index (χ3v) is 5.36. The molecule has 0 spiro atoms. The SMILES string of the molecule is O=S(=O)(Nc1ccc(C(F)(F)F)cc1Cl)c1ccccc1Br. The van der Waals surface area contributed by atoms with Gasteiger partial charge in [0.2, 0.25) is 0 Å². The van der Waals surface area contributed by atoms with Gasteiger partial charge < -0.3 is 0 Å². The van der Waals surface area contributed by atoms with Gasteiger partial charge in [0, 0.05) is 4.47 Å². The molecule has 0 unspecified atom stereocenters. The highest BCUT2D eigenvalue weighted by molar-refractivity contribution is 9.10. The Kier molecular flexibility index (Phi) is 4.74. The Morgan fingerprint density at radius 3 is 2.27 bits per heavy atom. The van der Waals surface area contributed by atoms with Gasteiger partial charge >= 0.3 is 6.18 Å². The molecule has 0 saturated heterocycles. The maximum atomic E-state index is 12.6. The van der Waals surface area contributed by atoms with E-state index in [2.05, 4.69) is 20.7 Å². The van der Waals surface area contributed by atoms with E-state index in [4.69, 9.17) is 11.6 Å². The van der Waals surface area contributed by atoms with Gasteiger partial charge in [-0.2, -0.15) is 13.2 Å². The van der Waals surface area contributed by atoms with Crippen LogP contribution in [0.3, 0.4) is 0 Å². The molecule has 0 aliphatic heterocycles. The largest absolute Gasteiger partial charge is 0.416 e. The van der Waals surface area contributed by atoms with E-state index in [0.717, 1.165) is 12.1 Å². The zero-order chi connectivity index (χ0) is 16.5. The van der Waals surface area contributed by atoms with Gasteiger partial charge in [0.15, 0.2) is 0 Å². The molecule has 2 aromatic rings. The van der Waals surface area contributed by atoms with E-state index in [-0.39, 0.29) is 15.6 Å². The minimum absolute atomic E-state index is 0.0500. The standard InChI is InChI=1S/C13H8BrClF3NO2S/c14-9-3-1-2-4-12(9)22(20,21)19-11-6-5-8(7-10(11)15)13(16,17)18/h1-7,19H. The molecular formula is C13H8BrClF3NO2S. The normalized spacial score (nSPS) is 12.2. The number of sulfonamides is 1. The zero-order valence-corrected chi connectivity index (χ0v) is 13.8. The second kappa shape index (κ2) is 6.10. The summed E-state index contributed by atoms with van der Waals surface area (Å²) in [4.78, 5) is -0.0500. The number of halogens is 5. The summed E-state index contributed by atoms with van der Waals surface area (Å²) in [7, 11) is -3.98. The van der Waals surface area contributed by atoms with Crippen molar-refractivity contribution in [3.63, 3.8) is 0 Å². The molecule has 1 N–H and O–H groups in total. The average molecular weight is 415 g/mol. The van der Waals surface area contributed by atoms with E-state index < -0.39 is 21.8 Å². The van der Waals surface area contributed by atoms with Crippen LogP contribution in [0, 0.1) is 0 Å². The van der Waals surface area contributed by atoms with E-state index in [1.807, 2.05) is 0 Å². The first-order chi connectivity index (χ1) is 10.1. The quantitative estimate of drug-likeness (QED) is 0.775. The Morgan fingerprint density at radius 1 is 1.09 bits per heavy atom. The predicted molar refractivity (Wildman–Crippen MR) is 81.4 cm³/mol. The summed E-state index contributed by atoms with van der Waals surface area (Å²) in [5, 5.41) is -0.342. The summed E-state index contributed by atoms with van der Waals surface area (Å²) in [6.45, 7) is 0. The first-order valence-corrected chi connectivity index (χ1v) is 8.41. The predicted octanol–water partition coefficient (Wildman–Crippen LogP) is 4.92. The fraction of sp³-hybridized carbons (Fsp3) is 0.0769. The number of anilines is 1. The van der Waals surface area contributed by atoms with Gasteiger partial charge in [-0.3, -0.25) is 4.72 Å². The summed E-state index contributed by atoms with van der Waals surface area (Å²) in [6, 6.07) is 8.43. The lowest BCUT2D eigenvalue weighted by Gasteiger charge is -2.13. The monoisotopic (exact) mass is 413 g/mol. The van der Waals surface area contributed by atoms with Crippen molar-refractivity contribution in [2.24, 2.45) is 0 Å². The second-order valence-electron chi connectivity index (χ2n) is 4.23. The zero-order valence-electron chi connectivity index (χ0n) is 10.7. The molecule has 118 valence electrons. The molecule has 3 nitrogen and oxygen atoms in total. The van der Waals surface area contributed by atoms with Crippen LogP contribution in [0.15, 0.2) is 51.8 Å². The molecule has 0 aliphatic carbocycles. The fourth-order valence-electron chi connectivity index (χ4n) is 1.64. The second-order valence-corrected chi connectivity index (χ2v) is 7.14. The van der Waals surface area contributed by atoms with E-state index in [0.29, 0.717) is 10.5 Å². The van der Waals surface area contributed by atoms with E-state index in [1.54, 1.807) is 6.07 Å². The minimum Gasteiger partial charge on any atom is -0.278 e. The van der Waals surface area contributed by atoms with E-state index in [1.165, 1.54) is 18.2 Å². The van der Waals surface area contributed by atoms with Crippen LogP contribution in [0.2, 0.25) is 5.02 Å². The van der Waals surface area contributed by atoms with Crippen LogP contribution in [0.4, 0.5) is 18.9 Å². The van der Waals surface area contributed by atoms with Crippen LogP contribution in [0.1, 0.15) is 5.56 Å². The molecule has 2 rings (SSSR count). The highest BCUT2D eigenvalue weighted by Crippen LogP contribution is 2.34. The smallest absolute Gasteiger partial charge is 0.278 e. The first-order valence-electron chi connectivity index (χ1n) is 5.75. The minimum atomic E-state index is -4.55. The third kappa shape index (κ3) is 3.74. The van der Waals surface area contributed by atoms with Crippen molar-refractivity contribution in [1.82, 2.24) is 0 Å². The van der Waals surface area contributed by atoms with Crippen LogP contribution in [-0.2, 0) is 16.2 Å². The summed E-state index contributed by atoms with van der Waals surface area (Å²) in [6.07, 6.45) is -4.55. The van der Waals surface area contributed by atoms with Crippen molar-refractivity contribution >= 4 is 43.2 Å². The molecule has 0 heterocycles. The van der Waals surface area contributed by atoms with Gasteiger partial charge in [-0.1, -0.05) is 23.7 Å². The van der Waals surface area contributed by atoms with Crippen molar-refractivity contribution < 1.29 is 21.6 Å². The van der Waals surface area contributed by atoms with Crippen LogP contribution < -0.4 is 4.72 Å². The molecule has 9 heteroatoms. The lowest BCUT2D eigenvalue weighted by Crippen LogP contribution is -2.14. The highest BCUT2D eigenvalue weighted by Gasteiger charge is 2.31. The average Bonchev–Trinajstić information content (AvgIpc) is 2.40. The Hall–Kier alpha value is -1.25. The molecule has 0 saturated carbocycles. The fourth-order valence-corrected chi connectivity index (χ4v) is 4.00. The van der Waals surface area contributed by atoms with Crippen molar-refractivity contribution in [2.75, 3.05) is 4.72 Å². The molecule has 0 fully saturated rings. The first kappa shape index (κ1) is 17.1. The lowest BCUT2D eigenvalue weighted by molar-refractivity contribution is -0.137. The summed E-state index contributed by atoms with van der Waals surface area (Å²) in [5.74, 6) is 0.